The molecule has 0 aromatic heterocycles. The predicted molar refractivity (Wildman–Crippen MR) is 208 cm³/mol. The Balaban J connectivity index is 1.02. The zero-order chi connectivity index (χ0) is 34.1. The number of nitrogens with one attached hydrogen (secondary N) is 3. The number of fused-ring (bicyclic) bond motifs is 5. The highest BCUT2D eigenvalue weighted by atomic mass is 15.4. The molecule has 9 rings (SSSR count). The highest BCUT2D eigenvalue weighted by molar-refractivity contribution is 5.14. The van der Waals surface area contributed by atoms with Gasteiger partial charge in [-0.15, -0.1) is 0 Å². The van der Waals surface area contributed by atoms with Crippen LogP contribution in [0.25, 0.3) is 0 Å². The second kappa shape index (κ2) is 14.5. The van der Waals surface area contributed by atoms with E-state index in [4.69, 9.17) is 0 Å². The van der Waals surface area contributed by atoms with E-state index in [-0.39, 0.29) is 0 Å². The Morgan fingerprint density at radius 3 is 1.98 bits per heavy atom. The van der Waals surface area contributed by atoms with Gasteiger partial charge in [-0.1, -0.05) is 85.5 Å². The van der Waals surface area contributed by atoms with Gasteiger partial charge in [-0.2, -0.15) is 0 Å². The molecule has 0 aromatic rings. The summed E-state index contributed by atoms with van der Waals surface area (Å²) in [5, 5.41) is 13.1. The van der Waals surface area contributed by atoms with Crippen LogP contribution in [-0.2, 0) is 0 Å². The third-order valence-corrected chi connectivity index (χ3v) is 19.3. The minimum atomic E-state index is 0.488. The zero-order valence-electron chi connectivity index (χ0n) is 33.4. The van der Waals surface area contributed by atoms with Gasteiger partial charge in [0.05, 0.1) is 18.5 Å². The summed E-state index contributed by atoms with van der Waals surface area (Å²) in [5.41, 5.74) is 0.600. The lowest BCUT2D eigenvalue weighted by atomic mass is 9.53. The maximum Gasteiger partial charge on any atom is 0.0627 e. The number of rotatable bonds is 5. The van der Waals surface area contributed by atoms with Crippen molar-refractivity contribution >= 4 is 0 Å². The SMILES string of the molecule is CC1CCCC(C2NC(C3CCCCC3)NC(C3CCCC(C4C5C6C(C)CCCC6CCC5C5(C)CCC(C6CCN6C)CC45)C3C)N2)C1. The molecule has 4 heteroatoms. The Bertz CT molecular complexity index is 1150. The van der Waals surface area contributed by atoms with Gasteiger partial charge in [0.2, 0.25) is 0 Å². The molecule has 4 nitrogen and oxygen atoms in total. The number of likely N-dealkylation sites (tertiary alicyclic amines) is 1. The van der Waals surface area contributed by atoms with Gasteiger partial charge in [0.25, 0.3) is 0 Å². The molecule has 9 aliphatic rings. The van der Waals surface area contributed by atoms with Gasteiger partial charge in [-0.3, -0.25) is 16.0 Å². The van der Waals surface area contributed by atoms with Crippen molar-refractivity contribution in [3.63, 3.8) is 0 Å². The molecule has 3 N–H and O–H groups in total. The summed E-state index contributed by atoms with van der Waals surface area (Å²) in [6, 6.07) is 0.889. The molecule has 18 atom stereocenters. The van der Waals surface area contributed by atoms with Crippen LogP contribution < -0.4 is 16.0 Å². The van der Waals surface area contributed by atoms with Crippen LogP contribution in [-0.4, -0.2) is 43.0 Å². The van der Waals surface area contributed by atoms with E-state index in [1.807, 2.05) is 0 Å². The largest absolute Gasteiger partial charge is 0.303 e. The first-order chi connectivity index (χ1) is 24.3. The summed E-state index contributed by atoms with van der Waals surface area (Å²) in [4.78, 5) is 2.74. The lowest BCUT2D eigenvalue weighted by Crippen LogP contribution is -2.73. The van der Waals surface area contributed by atoms with Crippen molar-refractivity contribution < 1.29 is 0 Å². The molecule has 2 saturated heterocycles. The van der Waals surface area contributed by atoms with Crippen LogP contribution in [0.3, 0.4) is 0 Å². The average Bonchev–Trinajstić information content (AvgIpc) is 3.39. The highest BCUT2D eigenvalue weighted by Gasteiger charge is 2.65. The Morgan fingerprint density at radius 1 is 0.520 bits per heavy atom. The van der Waals surface area contributed by atoms with E-state index in [0.29, 0.717) is 23.9 Å². The second-order valence-corrected chi connectivity index (χ2v) is 21.5. The Morgan fingerprint density at radius 2 is 1.22 bits per heavy atom. The monoisotopic (exact) mass is 689 g/mol. The van der Waals surface area contributed by atoms with E-state index in [2.05, 4.69) is 55.6 Å². The van der Waals surface area contributed by atoms with Crippen molar-refractivity contribution in [2.24, 2.45) is 88.3 Å². The van der Waals surface area contributed by atoms with Crippen LogP contribution >= 0.6 is 0 Å². The van der Waals surface area contributed by atoms with E-state index < -0.39 is 0 Å². The summed E-state index contributed by atoms with van der Waals surface area (Å²) in [7, 11) is 2.44. The van der Waals surface area contributed by atoms with Crippen molar-refractivity contribution in [1.29, 1.82) is 0 Å². The Kier molecular flexibility index (Phi) is 10.3. The van der Waals surface area contributed by atoms with E-state index in [9.17, 15) is 0 Å². The molecule has 0 bridgehead atoms. The molecule has 2 heterocycles. The normalized spacial score (nSPS) is 55.0. The molecule has 18 unspecified atom stereocenters. The van der Waals surface area contributed by atoms with E-state index in [1.165, 1.54) is 109 Å². The van der Waals surface area contributed by atoms with Crippen molar-refractivity contribution in [3.8, 4) is 0 Å². The maximum atomic E-state index is 4.41. The van der Waals surface area contributed by atoms with Crippen LogP contribution in [0.2, 0.25) is 0 Å². The minimum Gasteiger partial charge on any atom is -0.303 e. The molecule has 50 heavy (non-hydrogen) atoms. The predicted octanol–water partition coefficient (Wildman–Crippen LogP) is 10.0. The smallest absolute Gasteiger partial charge is 0.0627 e. The molecular weight excluding hydrogens is 609 g/mol. The van der Waals surface area contributed by atoms with E-state index in [0.717, 1.165) is 88.9 Å². The number of hydrogen-bond donors (Lipinski definition) is 3. The van der Waals surface area contributed by atoms with Gasteiger partial charge in [-0.05, 0) is 179 Å². The molecule has 7 saturated carbocycles. The lowest BCUT2D eigenvalue weighted by molar-refractivity contribution is -0.0439. The first-order valence-electron chi connectivity index (χ1n) is 23.3. The summed E-state index contributed by atoms with van der Waals surface area (Å²) in [6.07, 6.45) is 32.7. The molecule has 0 aromatic carbocycles. The quantitative estimate of drug-likeness (QED) is 0.269. The topological polar surface area (TPSA) is 39.3 Å². The summed E-state index contributed by atoms with van der Waals surface area (Å²) >= 11 is 0. The Labute approximate surface area is 309 Å². The third kappa shape index (κ3) is 6.23. The van der Waals surface area contributed by atoms with Crippen molar-refractivity contribution in [1.82, 2.24) is 20.9 Å². The van der Waals surface area contributed by atoms with Crippen LogP contribution in [0.15, 0.2) is 0 Å². The molecule has 284 valence electrons. The van der Waals surface area contributed by atoms with Crippen LogP contribution in [0.5, 0.6) is 0 Å². The fourth-order valence-electron chi connectivity index (χ4n) is 16.7. The van der Waals surface area contributed by atoms with Crippen LogP contribution in [0.1, 0.15) is 163 Å². The standard InChI is InChI=1S/C46H80N4/c1-28-12-9-17-34(26-28)44-47-43(32-14-7-6-8-15-32)48-45(49-44)36-19-11-18-35(30(36)3)41-38-27-33(39-23-25-50(39)5)22-24-46(38,4)37-21-20-31-16-10-13-29(2)40(31)42(37)41/h28-45,47-49H,6-27H2,1-5H3. The van der Waals surface area contributed by atoms with Crippen molar-refractivity contribution in [3.05, 3.63) is 0 Å². The summed E-state index contributed by atoms with van der Waals surface area (Å²) in [6.45, 7) is 12.3. The first kappa shape index (κ1) is 35.5. The Hall–Kier alpha value is -0.160. The fraction of sp³-hybridized carbons (Fsp3) is 1.00. The molecule has 0 spiro atoms. The van der Waals surface area contributed by atoms with Gasteiger partial charge in [0.15, 0.2) is 0 Å². The van der Waals surface area contributed by atoms with Crippen LogP contribution in [0.4, 0.5) is 0 Å². The molecule has 0 radical (unpaired) electrons. The fourth-order valence-corrected chi connectivity index (χ4v) is 16.7. The van der Waals surface area contributed by atoms with Gasteiger partial charge < -0.3 is 4.90 Å². The lowest BCUT2D eigenvalue weighted by Gasteiger charge is -2.54. The maximum absolute atomic E-state index is 4.41. The second-order valence-electron chi connectivity index (χ2n) is 21.5. The van der Waals surface area contributed by atoms with Crippen molar-refractivity contribution in [2.45, 2.75) is 187 Å². The molecule has 9 fully saturated rings. The highest BCUT2D eigenvalue weighted by Crippen LogP contribution is 2.71. The van der Waals surface area contributed by atoms with Gasteiger partial charge in [0.1, 0.15) is 0 Å². The summed E-state index contributed by atoms with van der Waals surface area (Å²) in [5.74, 6) is 13.0. The third-order valence-electron chi connectivity index (χ3n) is 19.3. The molecule has 7 aliphatic carbocycles. The first-order valence-corrected chi connectivity index (χ1v) is 23.3. The van der Waals surface area contributed by atoms with Gasteiger partial charge >= 0.3 is 0 Å². The number of nitrogens with zero attached hydrogens (tertiary/aromatic N) is 1. The van der Waals surface area contributed by atoms with E-state index in [1.54, 1.807) is 32.1 Å². The van der Waals surface area contributed by atoms with Crippen LogP contribution in [0, 0.1) is 88.3 Å². The van der Waals surface area contributed by atoms with E-state index >= 15 is 0 Å². The molecule has 0 amide bonds. The van der Waals surface area contributed by atoms with Gasteiger partial charge in [-0.25, -0.2) is 0 Å². The molecular formula is C46H80N4. The summed E-state index contributed by atoms with van der Waals surface area (Å²) < 4.78 is 0. The zero-order valence-corrected chi connectivity index (χ0v) is 33.4. The minimum absolute atomic E-state index is 0.488. The van der Waals surface area contributed by atoms with Gasteiger partial charge in [0, 0.05) is 6.04 Å². The van der Waals surface area contributed by atoms with Crippen molar-refractivity contribution in [2.75, 3.05) is 13.6 Å². The number of hydrogen-bond acceptors (Lipinski definition) is 4. The average molecular weight is 689 g/mol. The molecule has 2 aliphatic heterocycles.